The van der Waals surface area contributed by atoms with Gasteiger partial charge in [-0.15, -0.1) is 0 Å². The van der Waals surface area contributed by atoms with Crippen LogP contribution in [0.1, 0.15) is 53.1 Å². The fraction of sp³-hybridized carbons (Fsp3) is 0.412. The van der Waals surface area contributed by atoms with Crippen LogP contribution in [0.3, 0.4) is 0 Å². The van der Waals surface area contributed by atoms with Gasteiger partial charge in [0, 0.05) is 17.6 Å². The fourth-order valence-electron chi connectivity index (χ4n) is 7.45. The summed E-state index contributed by atoms with van der Waals surface area (Å²) in [7, 11) is 2.70. The number of nitrogens with zero attached hydrogens (tertiary/aromatic N) is 1. The number of fused-ring (bicyclic) bond motifs is 3. The second kappa shape index (κ2) is 10.7. The quantitative estimate of drug-likeness (QED) is 0.271. The number of esters is 2. The molecule has 2 aliphatic rings. The first kappa shape index (κ1) is 27.9. The molecule has 3 atom stereocenters. The maximum Gasteiger partial charge on any atom is 0.325 e. The van der Waals surface area contributed by atoms with E-state index >= 15 is 0 Å². The number of hydrogen-bond donors (Lipinski definition) is 0. The predicted molar refractivity (Wildman–Crippen MR) is 155 cm³/mol. The number of carbonyl (C=O) groups is 2. The van der Waals surface area contributed by atoms with E-state index in [1.54, 1.807) is 0 Å². The Morgan fingerprint density at radius 3 is 2.08 bits per heavy atom. The molecule has 0 amide bonds. The second-order valence-electron chi connectivity index (χ2n) is 11.4. The van der Waals surface area contributed by atoms with Gasteiger partial charge < -0.3 is 19.1 Å². The molecule has 0 bridgehead atoms. The van der Waals surface area contributed by atoms with E-state index in [9.17, 15) is 9.59 Å². The minimum atomic E-state index is -1.52. The summed E-state index contributed by atoms with van der Waals surface area (Å²) >= 11 is 0. The molecule has 3 aromatic carbocycles. The van der Waals surface area contributed by atoms with Crippen molar-refractivity contribution < 1.29 is 23.8 Å². The number of rotatable bonds is 7. The van der Waals surface area contributed by atoms with Crippen LogP contribution in [0.15, 0.2) is 66.7 Å². The third-order valence-electron chi connectivity index (χ3n) is 9.28. The number of anilines is 1. The van der Waals surface area contributed by atoms with Crippen LogP contribution in [0.5, 0.6) is 0 Å². The highest BCUT2D eigenvalue weighted by atomic mass is 16.5. The zero-order valence-electron chi connectivity index (χ0n) is 24.3. The van der Waals surface area contributed by atoms with Gasteiger partial charge in [-0.2, -0.15) is 0 Å². The van der Waals surface area contributed by atoms with Gasteiger partial charge in [-0.05, 0) is 73.1 Å². The normalized spacial score (nSPS) is 22.8. The van der Waals surface area contributed by atoms with Gasteiger partial charge in [-0.1, -0.05) is 67.6 Å². The Hall–Kier alpha value is -3.64. The van der Waals surface area contributed by atoms with Crippen LogP contribution in [-0.2, 0) is 42.4 Å². The minimum absolute atomic E-state index is 0.250. The van der Waals surface area contributed by atoms with E-state index in [-0.39, 0.29) is 12.5 Å². The number of carbonyl (C=O) groups excluding carboxylic acids is 2. The van der Waals surface area contributed by atoms with Crippen molar-refractivity contribution in [3.8, 4) is 0 Å². The molecule has 1 aliphatic heterocycles. The molecule has 1 aliphatic carbocycles. The van der Waals surface area contributed by atoms with Gasteiger partial charge in [0.05, 0.1) is 33.0 Å². The van der Waals surface area contributed by atoms with Crippen LogP contribution >= 0.6 is 0 Å². The molecule has 3 aromatic rings. The Morgan fingerprint density at radius 1 is 0.850 bits per heavy atom. The lowest BCUT2D eigenvalue weighted by molar-refractivity contribution is -0.180. The van der Waals surface area contributed by atoms with Gasteiger partial charge in [-0.25, -0.2) is 0 Å². The van der Waals surface area contributed by atoms with E-state index in [0.29, 0.717) is 19.6 Å². The van der Waals surface area contributed by atoms with Crippen molar-refractivity contribution in [3.05, 3.63) is 100 Å². The smallest absolute Gasteiger partial charge is 0.325 e. The number of hydrogen-bond acceptors (Lipinski definition) is 6. The van der Waals surface area contributed by atoms with Gasteiger partial charge in [0.15, 0.2) is 5.41 Å². The van der Waals surface area contributed by atoms with Gasteiger partial charge in [0.2, 0.25) is 0 Å². The first-order valence-corrected chi connectivity index (χ1v) is 13.9. The summed E-state index contributed by atoms with van der Waals surface area (Å²) in [5.41, 5.74) is 5.63. The standard InChI is InChI=1S/C34H39NO5/c1-22-12-10-13-23(2)26(22)21-40-28-18-19-34(31(36)38-5,32(37)39-6)30-33(28,4)29-24(3)14-11-17-27(29)35(30)20-25-15-8-7-9-16-25/h7-17,28,30H,18-21H2,1-6H3/t28-,30-,33+/m1/s1. The average molecular weight is 542 g/mol. The lowest BCUT2D eigenvalue weighted by atomic mass is 9.56. The molecule has 0 spiro atoms. The second-order valence-corrected chi connectivity index (χ2v) is 11.4. The number of methoxy groups -OCH3 is 2. The van der Waals surface area contributed by atoms with E-state index in [2.05, 4.69) is 75.1 Å². The van der Waals surface area contributed by atoms with E-state index in [1.165, 1.54) is 30.9 Å². The highest BCUT2D eigenvalue weighted by Gasteiger charge is 2.70. The highest BCUT2D eigenvalue weighted by Crippen LogP contribution is 2.60. The van der Waals surface area contributed by atoms with Crippen molar-refractivity contribution in [2.24, 2.45) is 5.41 Å². The Kier molecular flexibility index (Phi) is 7.49. The largest absolute Gasteiger partial charge is 0.468 e. The van der Waals surface area contributed by atoms with Crippen molar-refractivity contribution in [2.75, 3.05) is 19.1 Å². The molecule has 1 saturated carbocycles. The molecule has 5 rings (SSSR count). The number of aryl methyl sites for hydroxylation is 3. The summed E-state index contributed by atoms with van der Waals surface area (Å²) in [6.07, 6.45) is 0.525. The summed E-state index contributed by atoms with van der Waals surface area (Å²) in [5.74, 6) is -1.13. The van der Waals surface area contributed by atoms with Crippen molar-refractivity contribution >= 4 is 17.6 Å². The molecular formula is C34H39NO5. The molecular weight excluding hydrogens is 502 g/mol. The van der Waals surface area contributed by atoms with Crippen LogP contribution in [-0.4, -0.2) is 38.3 Å². The SMILES string of the molecule is COC(=O)C1(C(=O)OC)CC[C@@H](OCc2c(C)cccc2C)[C@@]2(C)c3c(C)cccc3N(Cc3ccccc3)[C@@H]12. The topological polar surface area (TPSA) is 65.1 Å². The molecule has 0 aromatic heterocycles. The molecule has 0 radical (unpaired) electrons. The Bertz CT molecular complexity index is 1380. The van der Waals surface area contributed by atoms with E-state index in [1.807, 2.05) is 24.3 Å². The Morgan fingerprint density at radius 2 is 1.45 bits per heavy atom. The summed E-state index contributed by atoms with van der Waals surface area (Å²) in [5, 5.41) is 0. The number of ether oxygens (including phenoxy) is 3. The average Bonchev–Trinajstić information content (AvgIpc) is 3.22. The lowest BCUT2D eigenvalue weighted by Crippen LogP contribution is -2.68. The van der Waals surface area contributed by atoms with Crippen LogP contribution < -0.4 is 4.90 Å². The van der Waals surface area contributed by atoms with Crippen molar-refractivity contribution in [2.45, 2.75) is 71.2 Å². The number of benzene rings is 3. The van der Waals surface area contributed by atoms with Gasteiger partial charge in [-0.3, -0.25) is 9.59 Å². The monoisotopic (exact) mass is 541 g/mol. The predicted octanol–water partition coefficient (Wildman–Crippen LogP) is 5.97. The third kappa shape index (κ3) is 4.21. The van der Waals surface area contributed by atoms with Gasteiger partial charge in [0.25, 0.3) is 0 Å². The van der Waals surface area contributed by atoms with E-state index < -0.39 is 28.8 Å². The minimum Gasteiger partial charge on any atom is -0.468 e. The highest BCUT2D eigenvalue weighted by molar-refractivity contribution is 6.03. The van der Waals surface area contributed by atoms with Gasteiger partial charge >= 0.3 is 11.9 Å². The van der Waals surface area contributed by atoms with Crippen LogP contribution in [0.25, 0.3) is 0 Å². The van der Waals surface area contributed by atoms with Crippen molar-refractivity contribution in [1.82, 2.24) is 0 Å². The summed E-state index contributed by atoms with van der Waals surface area (Å²) in [6, 6.07) is 22.1. The maximum absolute atomic E-state index is 13.8. The van der Waals surface area contributed by atoms with Crippen LogP contribution in [0.2, 0.25) is 0 Å². The molecule has 1 heterocycles. The van der Waals surface area contributed by atoms with Crippen LogP contribution in [0.4, 0.5) is 5.69 Å². The summed E-state index contributed by atoms with van der Waals surface area (Å²) in [4.78, 5) is 29.8. The molecule has 0 unspecified atom stereocenters. The van der Waals surface area contributed by atoms with Crippen LogP contribution in [0, 0.1) is 26.2 Å². The van der Waals surface area contributed by atoms with E-state index in [0.717, 1.165) is 22.4 Å². The fourth-order valence-corrected chi connectivity index (χ4v) is 7.45. The lowest BCUT2D eigenvalue weighted by Gasteiger charge is -2.53. The Balaban J connectivity index is 1.70. The van der Waals surface area contributed by atoms with Gasteiger partial charge in [0.1, 0.15) is 0 Å². The first-order valence-electron chi connectivity index (χ1n) is 13.9. The first-order chi connectivity index (χ1) is 19.2. The molecule has 0 saturated heterocycles. The van der Waals surface area contributed by atoms with E-state index in [4.69, 9.17) is 14.2 Å². The summed E-state index contributed by atoms with van der Waals surface area (Å²) in [6.45, 7) is 9.44. The maximum atomic E-state index is 13.8. The molecule has 210 valence electrons. The molecule has 6 heteroatoms. The zero-order valence-corrected chi connectivity index (χ0v) is 24.3. The molecule has 1 fully saturated rings. The molecule has 40 heavy (non-hydrogen) atoms. The molecule has 0 N–H and O–H groups in total. The van der Waals surface area contributed by atoms with Crippen molar-refractivity contribution in [1.29, 1.82) is 0 Å². The zero-order chi connectivity index (χ0) is 28.7. The Labute approximate surface area is 237 Å². The third-order valence-corrected chi connectivity index (χ3v) is 9.28. The summed E-state index contributed by atoms with van der Waals surface area (Å²) < 4.78 is 17.6. The molecule has 6 nitrogen and oxygen atoms in total. The van der Waals surface area contributed by atoms with Crippen molar-refractivity contribution in [3.63, 3.8) is 0 Å².